The fraction of sp³-hybridized carbons (Fsp3) is 0.812. The van der Waals surface area contributed by atoms with Crippen LogP contribution in [0.5, 0.6) is 0 Å². The lowest BCUT2D eigenvalue weighted by molar-refractivity contribution is 0.0821. The second-order valence-electron chi connectivity index (χ2n) is 6.18. The molecule has 0 radical (unpaired) electrons. The lowest BCUT2D eigenvalue weighted by atomic mass is 9.97. The third-order valence-electron chi connectivity index (χ3n) is 4.31. The van der Waals surface area contributed by atoms with Crippen LogP contribution < -0.4 is 10.2 Å². The van der Waals surface area contributed by atoms with Crippen LogP contribution in [0.4, 0.5) is 5.13 Å². The Balaban J connectivity index is 1.77. The van der Waals surface area contributed by atoms with E-state index in [0.717, 1.165) is 32.7 Å². The molecule has 2 aliphatic rings. The van der Waals surface area contributed by atoms with Gasteiger partial charge in [-0.3, -0.25) is 0 Å². The summed E-state index contributed by atoms with van der Waals surface area (Å²) in [6.07, 6.45) is 6.32. The zero-order chi connectivity index (χ0) is 14.7. The molecule has 3 rings (SSSR count). The van der Waals surface area contributed by atoms with Gasteiger partial charge in [0.1, 0.15) is 0 Å². The Morgan fingerprint density at radius 3 is 3.19 bits per heavy atom. The normalized spacial score (nSPS) is 26.5. The molecule has 4 nitrogen and oxygen atoms in total. The number of ether oxygens (including phenoxy) is 1. The van der Waals surface area contributed by atoms with Gasteiger partial charge < -0.3 is 15.0 Å². The number of hydrogen-bond acceptors (Lipinski definition) is 5. The predicted octanol–water partition coefficient (Wildman–Crippen LogP) is 3.14. The van der Waals surface area contributed by atoms with E-state index in [1.165, 1.54) is 41.4 Å². The summed E-state index contributed by atoms with van der Waals surface area (Å²) in [5, 5.41) is 4.88. The van der Waals surface area contributed by atoms with Crippen molar-refractivity contribution in [1.29, 1.82) is 0 Å². The second-order valence-corrected chi connectivity index (χ2v) is 7.25. The minimum absolute atomic E-state index is 0.308. The molecule has 1 fully saturated rings. The molecule has 5 heteroatoms. The second kappa shape index (κ2) is 7.07. The van der Waals surface area contributed by atoms with Crippen molar-refractivity contribution < 1.29 is 4.74 Å². The molecule has 2 atom stereocenters. The third-order valence-corrected chi connectivity index (χ3v) is 5.50. The van der Waals surface area contributed by atoms with Gasteiger partial charge >= 0.3 is 0 Å². The molecule has 1 saturated heterocycles. The molecule has 118 valence electrons. The number of aryl methyl sites for hydroxylation is 1. The van der Waals surface area contributed by atoms with E-state index in [4.69, 9.17) is 9.72 Å². The van der Waals surface area contributed by atoms with Gasteiger partial charge in [0.05, 0.1) is 17.8 Å². The van der Waals surface area contributed by atoms with Gasteiger partial charge in [-0.15, -0.1) is 11.3 Å². The molecule has 1 aliphatic heterocycles. The van der Waals surface area contributed by atoms with Crippen molar-refractivity contribution in [1.82, 2.24) is 10.3 Å². The Labute approximate surface area is 131 Å². The van der Waals surface area contributed by atoms with Crippen LogP contribution in [0, 0.1) is 0 Å². The number of nitrogens with zero attached hydrogens (tertiary/aromatic N) is 2. The third kappa shape index (κ3) is 3.58. The molecule has 1 aromatic heterocycles. The molecule has 21 heavy (non-hydrogen) atoms. The Hall–Kier alpha value is -0.650. The van der Waals surface area contributed by atoms with Crippen molar-refractivity contribution in [2.45, 2.75) is 58.1 Å². The van der Waals surface area contributed by atoms with Crippen LogP contribution in [0.3, 0.4) is 0 Å². The van der Waals surface area contributed by atoms with Crippen LogP contribution in [0.2, 0.25) is 0 Å². The standard InChI is InChI=1S/C16H27N3OS/c1-3-8-17-13-6-4-7-14-15(13)18-16(21-14)19-9-5-10-20-12(2)11-19/h12-13,17H,3-11H2,1-2H3. The fourth-order valence-corrected chi connectivity index (χ4v) is 4.42. The first-order valence-electron chi connectivity index (χ1n) is 8.37. The number of hydrogen-bond donors (Lipinski definition) is 1. The van der Waals surface area contributed by atoms with Gasteiger partial charge in [0.2, 0.25) is 0 Å². The minimum atomic E-state index is 0.308. The molecular formula is C16H27N3OS. The van der Waals surface area contributed by atoms with E-state index in [0.29, 0.717) is 12.1 Å². The maximum absolute atomic E-state index is 5.75. The van der Waals surface area contributed by atoms with Crippen LogP contribution in [0.15, 0.2) is 0 Å². The van der Waals surface area contributed by atoms with Crippen LogP contribution in [-0.4, -0.2) is 37.3 Å². The molecule has 2 heterocycles. The maximum atomic E-state index is 5.75. The highest BCUT2D eigenvalue weighted by atomic mass is 32.1. The molecule has 2 unspecified atom stereocenters. The number of rotatable bonds is 4. The minimum Gasteiger partial charge on any atom is -0.377 e. The van der Waals surface area contributed by atoms with Gasteiger partial charge in [-0.25, -0.2) is 4.98 Å². The van der Waals surface area contributed by atoms with Gasteiger partial charge in [-0.1, -0.05) is 6.92 Å². The van der Waals surface area contributed by atoms with E-state index in [9.17, 15) is 0 Å². The quantitative estimate of drug-likeness (QED) is 0.927. The summed E-state index contributed by atoms with van der Waals surface area (Å²) in [4.78, 5) is 8.94. The Morgan fingerprint density at radius 2 is 2.33 bits per heavy atom. The number of fused-ring (bicyclic) bond motifs is 1. The van der Waals surface area contributed by atoms with Crippen molar-refractivity contribution >= 4 is 16.5 Å². The summed E-state index contributed by atoms with van der Waals surface area (Å²) < 4.78 is 5.75. The predicted molar refractivity (Wildman–Crippen MR) is 88.3 cm³/mol. The average Bonchev–Trinajstić information content (AvgIpc) is 2.81. The molecule has 0 aromatic carbocycles. The summed E-state index contributed by atoms with van der Waals surface area (Å²) in [7, 11) is 0. The fourth-order valence-electron chi connectivity index (χ4n) is 3.23. The first-order valence-corrected chi connectivity index (χ1v) is 9.19. The van der Waals surface area contributed by atoms with E-state index < -0.39 is 0 Å². The molecule has 0 spiro atoms. The van der Waals surface area contributed by atoms with Crippen molar-refractivity contribution in [3.63, 3.8) is 0 Å². The van der Waals surface area contributed by atoms with Crippen molar-refractivity contribution in [2.24, 2.45) is 0 Å². The Bertz CT molecular complexity index is 462. The first kappa shape index (κ1) is 15.3. The van der Waals surface area contributed by atoms with Crippen LogP contribution in [0.1, 0.15) is 56.1 Å². The van der Waals surface area contributed by atoms with Gasteiger partial charge in [-0.05, 0) is 45.6 Å². The molecule has 0 saturated carbocycles. The van der Waals surface area contributed by atoms with Crippen molar-refractivity contribution in [3.8, 4) is 0 Å². The van der Waals surface area contributed by atoms with Crippen LogP contribution >= 0.6 is 11.3 Å². The van der Waals surface area contributed by atoms with E-state index >= 15 is 0 Å². The number of nitrogens with one attached hydrogen (secondary N) is 1. The summed E-state index contributed by atoms with van der Waals surface area (Å²) in [5.41, 5.74) is 1.33. The highest BCUT2D eigenvalue weighted by Crippen LogP contribution is 2.37. The van der Waals surface area contributed by atoms with E-state index in [1.807, 2.05) is 11.3 Å². The van der Waals surface area contributed by atoms with Crippen LogP contribution in [-0.2, 0) is 11.2 Å². The zero-order valence-corrected chi connectivity index (χ0v) is 14.0. The van der Waals surface area contributed by atoms with E-state index in [-0.39, 0.29) is 0 Å². The molecule has 1 aromatic rings. The summed E-state index contributed by atoms with van der Waals surface area (Å²) in [6, 6.07) is 0.472. The lowest BCUT2D eigenvalue weighted by Crippen LogP contribution is -2.30. The van der Waals surface area contributed by atoms with Gasteiger partial charge in [0.15, 0.2) is 5.13 Å². The summed E-state index contributed by atoms with van der Waals surface area (Å²) >= 11 is 1.91. The number of anilines is 1. The van der Waals surface area contributed by atoms with E-state index in [2.05, 4.69) is 24.1 Å². The summed E-state index contributed by atoms with van der Waals surface area (Å²) in [6.45, 7) is 8.40. The number of aromatic nitrogens is 1. The topological polar surface area (TPSA) is 37.4 Å². The number of thiazole rings is 1. The molecule has 1 aliphatic carbocycles. The first-order chi connectivity index (χ1) is 10.3. The zero-order valence-electron chi connectivity index (χ0n) is 13.2. The van der Waals surface area contributed by atoms with Gasteiger partial charge in [-0.2, -0.15) is 0 Å². The molecular weight excluding hydrogens is 282 g/mol. The molecule has 0 bridgehead atoms. The molecule has 1 N–H and O–H groups in total. The van der Waals surface area contributed by atoms with Crippen molar-refractivity contribution in [2.75, 3.05) is 31.1 Å². The Kier molecular flexibility index (Phi) is 5.14. The monoisotopic (exact) mass is 309 g/mol. The van der Waals surface area contributed by atoms with Crippen molar-refractivity contribution in [3.05, 3.63) is 10.6 Å². The maximum Gasteiger partial charge on any atom is 0.185 e. The van der Waals surface area contributed by atoms with Gasteiger partial charge in [0.25, 0.3) is 0 Å². The Morgan fingerprint density at radius 1 is 1.43 bits per heavy atom. The lowest BCUT2D eigenvalue weighted by Gasteiger charge is -2.22. The largest absolute Gasteiger partial charge is 0.377 e. The summed E-state index contributed by atoms with van der Waals surface area (Å²) in [5.74, 6) is 0. The average molecular weight is 309 g/mol. The SMILES string of the molecule is CCCNC1CCCc2sc(N3CCCOC(C)C3)nc21. The van der Waals surface area contributed by atoms with Gasteiger partial charge in [0, 0.05) is 24.6 Å². The van der Waals surface area contributed by atoms with E-state index in [1.54, 1.807) is 0 Å². The highest BCUT2D eigenvalue weighted by molar-refractivity contribution is 7.15. The van der Waals surface area contributed by atoms with Crippen LogP contribution in [0.25, 0.3) is 0 Å². The smallest absolute Gasteiger partial charge is 0.185 e. The highest BCUT2D eigenvalue weighted by Gasteiger charge is 2.26. The molecule has 0 amide bonds.